The quantitative estimate of drug-likeness (QED) is 0.867. The Morgan fingerprint density at radius 1 is 1.08 bits per heavy atom. The van der Waals surface area contributed by atoms with Crippen molar-refractivity contribution in [2.24, 2.45) is 0 Å². The fraction of sp³-hybridized carbons (Fsp3) is 0.316. The van der Waals surface area contributed by atoms with Crippen LogP contribution in [0.3, 0.4) is 0 Å². The SMILES string of the molecule is O=C(NCc1ccccc1CO)C1(c2cccc(C(F)(F)F)c2)CC1. The van der Waals surface area contributed by atoms with Crippen molar-refractivity contribution in [3.05, 3.63) is 70.8 Å². The second-order valence-corrected chi connectivity index (χ2v) is 6.27. The summed E-state index contributed by atoms with van der Waals surface area (Å²) in [5, 5.41) is 12.1. The van der Waals surface area contributed by atoms with Gasteiger partial charge in [-0.15, -0.1) is 0 Å². The minimum atomic E-state index is -4.43. The summed E-state index contributed by atoms with van der Waals surface area (Å²) in [5.41, 5.74) is 0.282. The molecule has 1 aliphatic carbocycles. The second kappa shape index (κ2) is 6.52. The van der Waals surface area contributed by atoms with Gasteiger partial charge in [0, 0.05) is 6.54 Å². The van der Waals surface area contributed by atoms with Crippen LogP contribution in [0.25, 0.3) is 0 Å². The summed E-state index contributed by atoms with van der Waals surface area (Å²) < 4.78 is 38.7. The second-order valence-electron chi connectivity index (χ2n) is 6.27. The molecule has 1 amide bonds. The van der Waals surface area contributed by atoms with Crippen molar-refractivity contribution in [2.75, 3.05) is 0 Å². The lowest BCUT2D eigenvalue weighted by atomic mass is 9.93. The third kappa shape index (κ3) is 3.54. The summed E-state index contributed by atoms with van der Waals surface area (Å²) in [6.45, 7) is 0.0983. The summed E-state index contributed by atoms with van der Waals surface area (Å²) in [7, 11) is 0. The Morgan fingerprint density at radius 2 is 1.76 bits per heavy atom. The number of aliphatic hydroxyl groups is 1. The number of hydrogen-bond acceptors (Lipinski definition) is 2. The number of halogens is 3. The Bertz CT molecular complexity index is 782. The van der Waals surface area contributed by atoms with E-state index in [1.165, 1.54) is 6.07 Å². The minimum Gasteiger partial charge on any atom is -0.392 e. The van der Waals surface area contributed by atoms with E-state index in [0.29, 0.717) is 24.0 Å². The van der Waals surface area contributed by atoms with Gasteiger partial charge in [0.15, 0.2) is 0 Å². The molecule has 0 radical (unpaired) electrons. The van der Waals surface area contributed by atoms with Crippen LogP contribution in [0.4, 0.5) is 13.2 Å². The van der Waals surface area contributed by atoms with Crippen molar-refractivity contribution in [2.45, 2.75) is 37.6 Å². The predicted molar refractivity (Wildman–Crippen MR) is 86.6 cm³/mol. The van der Waals surface area contributed by atoms with Gasteiger partial charge in [0.05, 0.1) is 17.6 Å². The van der Waals surface area contributed by atoms with Crippen LogP contribution in [0.15, 0.2) is 48.5 Å². The third-order valence-electron chi connectivity index (χ3n) is 4.66. The van der Waals surface area contributed by atoms with Crippen LogP contribution in [0.2, 0.25) is 0 Å². The maximum Gasteiger partial charge on any atom is 0.416 e. The van der Waals surface area contributed by atoms with E-state index in [1.54, 1.807) is 30.3 Å². The summed E-state index contributed by atoms with van der Waals surface area (Å²) in [6.07, 6.45) is -3.37. The summed E-state index contributed by atoms with van der Waals surface area (Å²) >= 11 is 0. The smallest absolute Gasteiger partial charge is 0.392 e. The molecule has 3 nitrogen and oxygen atoms in total. The van der Waals surface area contributed by atoms with Gasteiger partial charge in [-0.25, -0.2) is 0 Å². The predicted octanol–water partition coefficient (Wildman–Crippen LogP) is 3.55. The lowest BCUT2D eigenvalue weighted by Crippen LogP contribution is -2.34. The van der Waals surface area contributed by atoms with Crippen molar-refractivity contribution < 1.29 is 23.1 Å². The molecular formula is C19H18F3NO2. The molecule has 0 unspecified atom stereocenters. The Hall–Kier alpha value is -2.34. The van der Waals surface area contributed by atoms with E-state index in [2.05, 4.69) is 5.32 Å². The summed E-state index contributed by atoms with van der Waals surface area (Å²) in [4.78, 5) is 12.6. The van der Waals surface area contributed by atoms with Gasteiger partial charge >= 0.3 is 6.18 Å². The molecule has 2 N–H and O–H groups in total. The van der Waals surface area contributed by atoms with E-state index in [0.717, 1.165) is 17.7 Å². The van der Waals surface area contributed by atoms with E-state index in [9.17, 15) is 23.1 Å². The maximum absolute atomic E-state index is 12.9. The molecule has 2 aromatic carbocycles. The molecule has 0 aromatic heterocycles. The standard InChI is InChI=1S/C19H18F3NO2/c20-19(21,22)16-7-3-6-15(10-16)18(8-9-18)17(25)23-11-13-4-1-2-5-14(13)12-24/h1-7,10,24H,8-9,11-12H2,(H,23,25). The largest absolute Gasteiger partial charge is 0.416 e. The van der Waals surface area contributed by atoms with Crippen LogP contribution in [-0.4, -0.2) is 11.0 Å². The van der Waals surface area contributed by atoms with Gasteiger partial charge in [0.1, 0.15) is 0 Å². The fourth-order valence-electron chi connectivity index (χ4n) is 2.99. The molecule has 0 heterocycles. The topological polar surface area (TPSA) is 49.3 Å². The highest BCUT2D eigenvalue weighted by Crippen LogP contribution is 2.49. The highest BCUT2D eigenvalue weighted by Gasteiger charge is 2.51. The molecule has 0 aliphatic heterocycles. The Morgan fingerprint density at radius 3 is 2.36 bits per heavy atom. The zero-order chi connectivity index (χ0) is 18.1. The first-order chi connectivity index (χ1) is 11.9. The van der Waals surface area contributed by atoms with Gasteiger partial charge in [-0.1, -0.05) is 42.5 Å². The molecule has 2 aromatic rings. The molecule has 0 atom stereocenters. The zero-order valence-corrected chi connectivity index (χ0v) is 13.4. The van der Waals surface area contributed by atoms with Crippen molar-refractivity contribution in [1.82, 2.24) is 5.32 Å². The van der Waals surface area contributed by atoms with Crippen molar-refractivity contribution >= 4 is 5.91 Å². The first kappa shape index (κ1) is 17.5. The molecular weight excluding hydrogens is 331 g/mol. The first-order valence-electron chi connectivity index (χ1n) is 8.00. The van der Waals surface area contributed by atoms with Crippen LogP contribution in [-0.2, 0) is 29.5 Å². The number of benzene rings is 2. The highest BCUT2D eigenvalue weighted by atomic mass is 19.4. The highest BCUT2D eigenvalue weighted by molar-refractivity contribution is 5.91. The number of amides is 1. The molecule has 132 valence electrons. The molecule has 0 saturated heterocycles. The number of carbonyl (C=O) groups is 1. The van der Waals surface area contributed by atoms with Crippen molar-refractivity contribution in [1.29, 1.82) is 0 Å². The van der Waals surface area contributed by atoms with Gasteiger partial charge in [-0.2, -0.15) is 13.2 Å². The lowest BCUT2D eigenvalue weighted by Gasteiger charge is -2.18. The fourth-order valence-corrected chi connectivity index (χ4v) is 2.99. The first-order valence-corrected chi connectivity index (χ1v) is 8.00. The lowest BCUT2D eigenvalue weighted by molar-refractivity contribution is -0.137. The third-order valence-corrected chi connectivity index (χ3v) is 4.66. The molecule has 1 saturated carbocycles. The van der Waals surface area contributed by atoms with Gasteiger partial charge in [0.2, 0.25) is 5.91 Å². The summed E-state index contributed by atoms with van der Waals surface area (Å²) in [5.74, 6) is -0.278. The Kier molecular flexibility index (Phi) is 4.56. The monoisotopic (exact) mass is 349 g/mol. The average molecular weight is 349 g/mol. The number of carbonyl (C=O) groups excluding carboxylic acids is 1. The Balaban J connectivity index is 1.76. The molecule has 1 fully saturated rings. The summed E-state index contributed by atoms with van der Waals surface area (Å²) in [6, 6.07) is 12.2. The number of aliphatic hydroxyl groups excluding tert-OH is 1. The molecule has 25 heavy (non-hydrogen) atoms. The van der Waals surface area contributed by atoms with Crippen LogP contribution < -0.4 is 5.32 Å². The molecule has 3 rings (SSSR count). The van der Waals surface area contributed by atoms with Crippen LogP contribution >= 0.6 is 0 Å². The van der Waals surface area contributed by atoms with Gasteiger partial charge in [-0.3, -0.25) is 4.79 Å². The average Bonchev–Trinajstić information content (AvgIpc) is 3.41. The van der Waals surface area contributed by atoms with E-state index in [-0.39, 0.29) is 19.1 Å². The molecule has 0 spiro atoms. The molecule has 1 aliphatic rings. The van der Waals surface area contributed by atoms with Crippen molar-refractivity contribution in [3.63, 3.8) is 0 Å². The van der Waals surface area contributed by atoms with Gasteiger partial charge in [-0.05, 0) is 35.6 Å². The Labute approximate surface area is 143 Å². The minimum absolute atomic E-state index is 0.134. The van der Waals surface area contributed by atoms with Gasteiger partial charge < -0.3 is 10.4 Å². The van der Waals surface area contributed by atoms with Gasteiger partial charge in [0.25, 0.3) is 0 Å². The van der Waals surface area contributed by atoms with E-state index in [4.69, 9.17) is 0 Å². The molecule has 6 heteroatoms. The number of alkyl halides is 3. The normalized spacial score (nSPS) is 15.7. The number of rotatable bonds is 5. The molecule has 0 bridgehead atoms. The van der Waals surface area contributed by atoms with Crippen LogP contribution in [0, 0.1) is 0 Å². The van der Waals surface area contributed by atoms with Crippen molar-refractivity contribution in [3.8, 4) is 0 Å². The number of hydrogen-bond donors (Lipinski definition) is 2. The van der Waals surface area contributed by atoms with Crippen LogP contribution in [0.1, 0.15) is 35.1 Å². The van der Waals surface area contributed by atoms with E-state index < -0.39 is 17.2 Å². The number of nitrogens with one attached hydrogen (secondary N) is 1. The van der Waals surface area contributed by atoms with E-state index in [1.807, 2.05) is 0 Å². The van der Waals surface area contributed by atoms with Crippen LogP contribution in [0.5, 0.6) is 0 Å². The van der Waals surface area contributed by atoms with E-state index >= 15 is 0 Å². The zero-order valence-electron chi connectivity index (χ0n) is 13.4. The maximum atomic E-state index is 12.9.